The van der Waals surface area contributed by atoms with Gasteiger partial charge in [-0.1, -0.05) is 17.7 Å². The molecule has 0 aliphatic heterocycles. The minimum absolute atomic E-state index is 0.0569. The molecule has 3 aromatic heterocycles. The van der Waals surface area contributed by atoms with Gasteiger partial charge in [0.25, 0.3) is 0 Å². The highest BCUT2D eigenvalue weighted by atomic mass is 79.9. The summed E-state index contributed by atoms with van der Waals surface area (Å²) in [5, 5.41) is 5.28. The molecule has 3 rings (SSSR count). The maximum absolute atomic E-state index is 14.3. The second-order valence-corrected chi connectivity index (χ2v) is 7.47. The number of alkyl halides is 2. The molecule has 0 fully saturated rings. The van der Waals surface area contributed by atoms with Gasteiger partial charge < -0.3 is 15.5 Å². The molecule has 24 heavy (non-hydrogen) atoms. The van der Waals surface area contributed by atoms with Crippen LogP contribution in [0.5, 0.6) is 0 Å². The Kier molecular flexibility index (Phi) is 4.83. The molecule has 128 valence electrons. The molecular formula is C15H13BrClF2N3OS. The topological polar surface area (TPSA) is 64.1 Å². The zero-order valence-electron chi connectivity index (χ0n) is 12.4. The smallest absolute Gasteiger partial charge is 0.320 e. The normalized spacial score (nSPS) is 13.4. The fourth-order valence-electron chi connectivity index (χ4n) is 2.16. The first kappa shape index (κ1) is 17.6. The second kappa shape index (κ2) is 6.59. The maximum Gasteiger partial charge on any atom is 0.320 e. The van der Waals surface area contributed by atoms with Crippen LogP contribution in [-0.2, 0) is 12.5 Å². The molecule has 0 saturated heterocycles. The molecule has 0 saturated carbocycles. The van der Waals surface area contributed by atoms with E-state index in [2.05, 4.69) is 26.2 Å². The Labute approximate surface area is 154 Å². The predicted octanol–water partition coefficient (Wildman–Crippen LogP) is 5.36. The number of nitrogens with two attached hydrogens (primary N) is 1. The first-order valence-corrected chi connectivity index (χ1v) is 9.04. The number of nitrogens with zero attached hydrogens (tertiary/aromatic N) is 1. The summed E-state index contributed by atoms with van der Waals surface area (Å²) in [4.78, 5) is 5.17. The first-order valence-electron chi connectivity index (χ1n) is 6.99. The van der Waals surface area contributed by atoms with Crippen LogP contribution >= 0.6 is 38.9 Å². The second-order valence-electron chi connectivity index (χ2n) is 5.26. The molecule has 3 N–H and O–H groups in total. The zero-order chi connectivity index (χ0) is 17.5. The third-order valence-electron chi connectivity index (χ3n) is 3.46. The molecule has 0 unspecified atom stereocenters. The number of hydrogen-bond donors (Lipinski definition) is 2. The van der Waals surface area contributed by atoms with Gasteiger partial charge in [-0.15, -0.1) is 11.3 Å². The van der Waals surface area contributed by atoms with Crippen molar-refractivity contribution in [3.05, 3.63) is 43.8 Å². The summed E-state index contributed by atoms with van der Waals surface area (Å²) >= 11 is 10.7. The van der Waals surface area contributed by atoms with Gasteiger partial charge in [-0.05, 0) is 34.3 Å². The average Bonchev–Trinajstić information content (AvgIpc) is 3.14. The van der Waals surface area contributed by atoms with E-state index in [1.807, 2.05) is 17.5 Å². The molecule has 9 heteroatoms. The van der Waals surface area contributed by atoms with E-state index in [1.54, 1.807) is 17.4 Å². The van der Waals surface area contributed by atoms with Gasteiger partial charge >= 0.3 is 5.92 Å². The minimum atomic E-state index is -3.34. The lowest BCUT2D eigenvalue weighted by Gasteiger charge is -2.17. The predicted molar refractivity (Wildman–Crippen MR) is 95.9 cm³/mol. The lowest BCUT2D eigenvalue weighted by atomic mass is 10.1. The maximum atomic E-state index is 14.3. The number of hydrogen-bond acceptors (Lipinski definition) is 5. The van der Waals surface area contributed by atoms with E-state index in [9.17, 15) is 8.78 Å². The van der Waals surface area contributed by atoms with E-state index < -0.39 is 17.7 Å². The molecule has 3 heterocycles. The molecule has 1 atom stereocenters. The third-order valence-corrected chi connectivity index (χ3v) is 5.27. The van der Waals surface area contributed by atoms with Gasteiger partial charge in [0.15, 0.2) is 11.3 Å². The fraction of sp³-hybridized carbons (Fsp3) is 0.267. The van der Waals surface area contributed by atoms with Crippen LogP contribution in [0.2, 0.25) is 5.15 Å². The highest BCUT2D eigenvalue weighted by Gasteiger charge is 2.43. The Bertz CT molecular complexity index is 867. The van der Waals surface area contributed by atoms with Gasteiger partial charge in [-0.25, -0.2) is 4.98 Å². The van der Waals surface area contributed by atoms with E-state index >= 15 is 0 Å². The van der Waals surface area contributed by atoms with Crippen molar-refractivity contribution in [2.24, 2.45) is 5.73 Å². The molecule has 0 amide bonds. The van der Waals surface area contributed by atoms with Gasteiger partial charge in [0.2, 0.25) is 0 Å². The molecular weight excluding hydrogens is 424 g/mol. The molecule has 0 aliphatic carbocycles. The van der Waals surface area contributed by atoms with Crippen LogP contribution in [0.1, 0.15) is 17.6 Å². The number of furan rings is 1. The van der Waals surface area contributed by atoms with E-state index in [4.69, 9.17) is 21.8 Å². The zero-order valence-corrected chi connectivity index (χ0v) is 15.6. The highest BCUT2D eigenvalue weighted by molar-refractivity contribution is 9.10. The van der Waals surface area contributed by atoms with Crippen molar-refractivity contribution in [1.29, 1.82) is 0 Å². The average molecular weight is 437 g/mol. The van der Waals surface area contributed by atoms with Crippen LogP contribution in [0.4, 0.5) is 14.5 Å². The SMILES string of the molecule is C[C@H](N)C(F)(F)c1oc2c(NCc3cccs3)cc(Cl)nc2c1Br. The quantitative estimate of drug-likeness (QED) is 0.529. The lowest BCUT2D eigenvalue weighted by Crippen LogP contribution is -2.35. The largest absolute Gasteiger partial charge is 0.449 e. The van der Waals surface area contributed by atoms with E-state index in [-0.39, 0.29) is 20.7 Å². The van der Waals surface area contributed by atoms with Crippen molar-refractivity contribution < 1.29 is 13.2 Å². The minimum Gasteiger partial charge on any atom is -0.449 e. The lowest BCUT2D eigenvalue weighted by molar-refractivity contribution is -0.0451. The van der Waals surface area contributed by atoms with Gasteiger partial charge in [0.1, 0.15) is 10.7 Å². The van der Waals surface area contributed by atoms with Crippen molar-refractivity contribution in [3.63, 3.8) is 0 Å². The first-order chi connectivity index (χ1) is 11.3. The number of thiophene rings is 1. The Balaban J connectivity index is 2.07. The van der Waals surface area contributed by atoms with Gasteiger partial charge in [0, 0.05) is 17.5 Å². The van der Waals surface area contributed by atoms with E-state index in [0.717, 1.165) is 4.88 Å². The van der Waals surface area contributed by atoms with Crippen LogP contribution in [0, 0.1) is 0 Å². The summed E-state index contributed by atoms with van der Waals surface area (Å²) in [6, 6.07) is 4.03. The van der Waals surface area contributed by atoms with Crippen molar-refractivity contribution in [1.82, 2.24) is 4.98 Å². The van der Waals surface area contributed by atoms with E-state index in [1.165, 1.54) is 6.92 Å². The molecule has 0 aromatic carbocycles. The van der Waals surface area contributed by atoms with Crippen LogP contribution in [-0.4, -0.2) is 11.0 Å². The third kappa shape index (κ3) is 3.15. The fourth-order valence-corrected chi connectivity index (χ4v) is 3.61. The molecule has 0 spiro atoms. The number of anilines is 1. The molecule has 0 bridgehead atoms. The molecule has 3 aromatic rings. The number of aromatic nitrogens is 1. The number of rotatable bonds is 5. The van der Waals surface area contributed by atoms with Gasteiger partial charge in [-0.3, -0.25) is 0 Å². The van der Waals surface area contributed by atoms with Crippen molar-refractivity contribution in [2.75, 3.05) is 5.32 Å². The highest BCUT2D eigenvalue weighted by Crippen LogP contribution is 2.43. The Morgan fingerprint density at radius 1 is 1.54 bits per heavy atom. The van der Waals surface area contributed by atoms with Crippen LogP contribution < -0.4 is 11.1 Å². The summed E-state index contributed by atoms with van der Waals surface area (Å²) in [6.45, 7) is 1.74. The van der Waals surface area contributed by atoms with Gasteiger partial charge in [-0.2, -0.15) is 8.78 Å². The van der Waals surface area contributed by atoms with E-state index in [0.29, 0.717) is 12.2 Å². The summed E-state index contributed by atoms with van der Waals surface area (Å²) in [5.41, 5.74) is 6.32. The molecule has 0 radical (unpaired) electrons. The van der Waals surface area contributed by atoms with Crippen molar-refractivity contribution in [2.45, 2.75) is 25.4 Å². The summed E-state index contributed by atoms with van der Waals surface area (Å²) in [6.07, 6.45) is 0. The van der Waals surface area contributed by atoms with Crippen LogP contribution in [0.3, 0.4) is 0 Å². The summed E-state index contributed by atoms with van der Waals surface area (Å²) in [5.74, 6) is -3.89. The van der Waals surface area contributed by atoms with Crippen molar-refractivity contribution in [3.8, 4) is 0 Å². The number of fused-ring (bicyclic) bond motifs is 1. The summed E-state index contributed by atoms with van der Waals surface area (Å²) < 4.78 is 34.1. The number of pyridine rings is 1. The summed E-state index contributed by atoms with van der Waals surface area (Å²) in [7, 11) is 0. The molecule has 0 aliphatic rings. The standard InChI is InChI=1S/C15H13BrClF2N3OS/c1-7(20)15(18,19)14-11(16)12-13(23-14)9(5-10(17)22-12)21-6-8-3-2-4-24-8/h2-5,7H,6,20H2,1H3,(H,21,22)/t7-/m0/s1. The van der Waals surface area contributed by atoms with Crippen LogP contribution in [0.25, 0.3) is 11.1 Å². The Morgan fingerprint density at radius 2 is 2.29 bits per heavy atom. The number of halogens is 4. The monoisotopic (exact) mass is 435 g/mol. The molecule has 4 nitrogen and oxygen atoms in total. The van der Waals surface area contributed by atoms with Crippen molar-refractivity contribution >= 4 is 55.7 Å². The van der Waals surface area contributed by atoms with Crippen LogP contribution in [0.15, 0.2) is 32.5 Å². The Hall–Kier alpha value is -1.22. The Morgan fingerprint density at radius 3 is 2.92 bits per heavy atom. The van der Waals surface area contributed by atoms with Gasteiger partial charge in [0.05, 0.1) is 16.2 Å². The number of nitrogens with one attached hydrogen (secondary N) is 1.